The van der Waals surface area contributed by atoms with Gasteiger partial charge in [-0.3, -0.25) is 4.98 Å². The lowest BCUT2D eigenvalue weighted by Gasteiger charge is -2.09. The highest BCUT2D eigenvalue weighted by Crippen LogP contribution is 2.27. The number of nitrogens with one attached hydrogen (secondary N) is 1. The van der Waals surface area contributed by atoms with Crippen molar-refractivity contribution in [2.45, 2.75) is 6.54 Å². The van der Waals surface area contributed by atoms with E-state index in [1.807, 2.05) is 24.3 Å². The number of halogens is 1. The van der Waals surface area contributed by atoms with Crippen LogP contribution in [0.15, 0.2) is 46.2 Å². The summed E-state index contributed by atoms with van der Waals surface area (Å²) in [6, 6.07) is 9.36. The fourth-order valence-corrected chi connectivity index (χ4v) is 2.30. The Bertz CT molecular complexity index is 661. The van der Waals surface area contributed by atoms with Gasteiger partial charge in [-0.25, -0.2) is 0 Å². The summed E-state index contributed by atoms with van der Waals surface area (Å²) in [5, 5.41) is 14.9. The van der Waals surface area contributed by atoms with Gasteiger partial charge in [-0.1, -0.05) is 5.16 Å². The van der Waals surface area contributed by atoms with E-state index in [2.05, 4.69) is 31.4 Å². The van der Waals surface area contributed by atoms with Gasteiger partial charge in [-0.15, -0.1) is 0 Å². The Kier molecular flexibility index (Phi) is 4.99. The van der Waals surface area contributed by atoms with Gasteiger partial charge in [-0.2, -0.15) is 0 Å². The lowest BCUT2D eigenvalue weighted by molar-refractivity contribution is 0.318. The summed E-state index contributed by atoms with van der Waals surface area (Å²) in [5.74, 6) is 0.766. The average molecular weight is 351 g/mol. The second kappa shape index (κ2) is 6.94. The first-order valence-electron chi connectivity index (χ1n) is 6.14. The van der Waals surface area contributed by atoms with E-state index in [4.69, 9.17) is 15.7 Å². The molecule has 0 aliphatic rings. The number of rotatable bonds is 5. The number of aromatic nitrogens is 1. The quantitative estimate of drug-likeness (QED) is 0.333. The molecule has 0 radical (unpaired) electrons. The maximum atomic E-state index is 8.66. The highest BCUT2D eigenvalue weighted by Gasteiger charge is 2.04. The van der Waals surface area contributed by atoms with Crippen molar-refractivity contribution >= 4 is 27.5 Å². The van der Waals surface area contributed by atoms with Crippen molar-refractivity contribution in [3.8, 4) is 5.75 Å². The first kappa shape index (κ1) is 15.1. The maximum absolute atomic E-state index is 8.66. The molecule has 2 rings (SSSR count). The number of methoxy groups -OCH3 is 1. The molecule has 4 N–H and O–H groups in total. The number of hydrogen-bond acceptors (Lipinski definition) is 5. The van der Waals surface area contributed by atoms with Gasteiger partial charge < -0.3 is 21.0 Å². The van der Waals surface area contributed by atoms with Gasteiger partial charge in [-0.05, 0) is 51.8 Å². The van der Waals surface area contributed by atoms with E-state index in [0.29, 0.717) is 12.2 Å². The molecular weight excluding hydrogens is 336 g/mol. The fraction of sp³-hybridized carbons (Fsp3) is 0.143. The van der Waals surface area contributed by atoms with Gasteiger partial charge in [0.15, 0.2) is 5.84 Å². The topological polar surface area (TPSA) is 92.8 Å². The van der Waals surface area contributed by atoms with Crippen molar-refractivity contribution in [1.29, 1.82) is 0 Å². The van der Waals surface area contributed by atoms with E-state index in [9.17, 15) is 0 Å². The lowest BCUT2D eigenvalue weighted by Crippen LogP contribution is -2.15. The van der Waals surface area contributed by atoms with Crippen molar-refractivity contribution < 1.29 is 9.94 Å². The largest absolute Gasteiger partial charge is 0.496 e. The maximum Gasteiger partial charge on any atom is 0.188 e. The van der Waals surface area contributed by atoms with Crippen molar-refractivity contribution in [1.82, 2.24) is 4.98 Å². The van der Waals surface area contributed by atoms with E-state index < -0.39 is 0 Å². The Morgan fingerprint density at radius 2 is 2.24 bits per heavy atom. The number of ether oxygens (including phenoxy) is 1. The van der Waals surface area contributed by atoms with Crippen LogP contribution in [0.5, 0.6) is 5.75 Å². The zero-order valence-electron chi connectivity index (χ0n) is 11.4. The normalized spacial score (nSPS) is 11.2. The van der Waals surface area contributed by atoms with Crippen LogP contribution in [-0.2, 0) is 6.54 Å². The molecule has 0 unspecified atom stereocenters. The molecule has 0 atom stereocenters. The number of nitrogens with two attached hydrogens (primary N) is 1. The first-order valence-corrected chi connectivity index (χ1v) is 6.93. The van der Waals surface area contributed by atoms with Crippen LogP contribution in [0.3, 0.4) is 0 Å². The first-order chi connectivity index (χ1) is 10.1. The number of nitrogens with zero attached hydrogens (tertiary/aromatic N) is 2. The summed E-state index contributed by atoms with van der Waals surface area (Å²) < 4.78 is 6.06. The van der Waals surface area contributed by atoms with Crippen LogP contribution in [0.2, 0.25) is 0 Å². The fourth-order valence-electron chi connectivity index (χ4n) is 1.76. The molecule has 2 aromatic rings. The highest BCUT2D eigenvalue weighted by atomic mass is 79.9. The zero-order valence-corrected chi connectivity index (χ0v) is 13.0. The minimum Gasteiger partial charge on any atom is -0.496 e. The number of hydrogen-bond donors (Lipinski definition) is 3. The summed E-state index contributed by atoms with van der Waals surface area (Å²) in [4.78, 5) is 4.03. The van der Waals surface area contributed by atoms with E-state index in [0.717, 1.165) is 21.5 Å². The van der Waals surface area contributed by atoms with E-state index >= 15 is 0 Å². The van der Waals surface area contributed by atoms with Crippen LogP contribution < -0.4 is 15.8 Å². The minimum atomic E-state index is -0.0101. The van der Waals surface area contributed by atoms with E-state index in [-0.39, 0.29) is 5.84 Å². The molecule has 0 aliphatic heterocycles. The Balaban J connectivity index is 2.08. The molecule has 0 bridgehead atoms. The molecule has 1 aromatic heterocycles. The Morgan fingerprint density at radius 3 is 2.90 bits per heavy atom. The smallest absolute Gasteiger partial charge is 0.188 e. The number of anilines is 1. The molecule has 0 amide bonds. The molecule has 6 nitrogen and oxygen atoms in total. The Labute approximate surface area is 130 Å². The van der Waals surface area contributed by atoms with Gasteiger partial charge >= 0.3 is 0 Å². The predicted octanol–water partition coefficient (Wildman–Crippen LogP) is 2.56. The van der Waals surface area contributed by atoms with E-state index in [1.54, 1.807) is 19.4 Å². The van der Waals surface area contributed by atoms with Crippen LogP contribution in [-0.4, -0.2) is 23.1 Å². The molecule has 110 valence electrons. The molecule has 1 aromatic carbocycles. The van der Waals surface area contributed by atoms with Crippen LogP contribution >= 0.6 is 15.9 Å². The van der Waals surface area contributed by atoms with Gasteiger partial charge in [0, 0.05) is 18.4 Å². The number of benzene rings is 1. The van der Waals surface area contributed by atoms with Crippen molar-refractivity contribution in [2.24, 2.45) is 10.9 Å². The molecule has 21 heavy (non-hydrogen) atoms. The number of amidine groups is 1. The summed E-state index contributed by atoms with van der Waals surface area (Å²) in [6.45, 7) is 0.590. The van der Waals surface area contributed by atoms with Crippen LogP contribution in [0.1, 0.15) is 11.3 Å². The number of oxime groups is 1. The van der Waals surface area contributed by atoms with Gasteiger partial charge in [0.1, 0.15) is 11.4 Å². The van der Waals surface area contributed by atoms with E-state index in [1.165, 1.54) is 0 Å². The van der Waals surface area contributed by atoms with Crippen LogP contribution in [0.25, 0.3) is 0 Å². The highest BCUT2D eigenvalue weighted by molar-refractivity contribution is 9.10. The monoisotopic (exact) mass is 350 g/mol. The Morgan fingerprint density at radius 1 is 1.43 bits per heavy atom. The van der Waals surface area contributed by atoms with Crippen molar-refractivity contribution in [3.05, 3.63) is 52.3 Å². The predicted molar refractivity (Wildman–Crippen MR) is 84.8 cm³/mol. The molecule has 7 heteroatoms. The average Bonchev–Trinajstić information content (AvgIpc) is 2.52. The summed E-state index contributed by atoms with van der Waals surface area (Å²) in [6.07, 6.45) is 1.62. The van der Waals surface area contributed by atoms with Crippen LogP contribution in [0.4, 0.5) is 5.69 Å². The lowest BCUT2D eigenvalue weighted by atomic mass is 10.2. The van der Waals surface area contributed by atoms with Gasteiger partial charge in [0.25, 0.3) is 0 Å². The molecule has 0 saturated carbocycles. The summed E-state index contributed by atoms with van der Waals surface area (Å²) >= 11 is 3.44. The molecule has 0 saturated heterocycles. The summed E-state index contributed by atoms with van der Waals surface area (Å²) in [7, 11) is 1.62. The molecule has 1 heterocycles. The van der Waals surface area contributed by atoms with Crippen molar-refractivity contribution in [3.63, 3.8) is 0 Å². The third kappa shape index (κ3) is 3.85. The molecule has 0 aliphatic carbocycles. The SMILES string of the molecule is COc1ccc(NCc2ccnc(C(N)=NO)c2)cc1Br. The van der Waals surface area contributed by atoms with Gasteiger partial charge in [0.05, 0.1) is 11.6 Å². The molecule has 0 fully saturated rings. The van der Waals surface area contributed by atoms with Gasteiger partial charge in [0.2, 0.25) is 0 Å². The summed E-state index contributed by atoms with van der Waals surface area (Å²) in [5.41, 5.74) is 7.88. The zero-order chi connectivity index (χ0) is 15.2. The third-order valence-electron chi connectivity index (χ3n) is 2.84. The Hall–Kier alpha value is -2.28. The van der Waals surface area contributed by atoms with Crippen molar-refractivity contribution in [2.75, 3.05) is 12.4 Å². The molecular formula is C14H15BrN4O2. The minimum absolute atomic E-state index is 0.0101. The molecule has 0 spiro atoms. The second-order valence-corrected chi connectivity index (χ2v) is 5.09. The third-order valence-corrected chi connectivity index (χ3v) is 3.46. The number of pyridine rings is 1. The standard InChI is InChI=1S/C14H15BrN4O2/c1-21-13-3-2-10(7-11(13)15)18-8-9-4-5-17-12(6-9)14(16)19-20/h2-7,18,20H,8H2,1H3,(H2,16,19). The van der Waals surface area contributed by atoms with Crippen LogP contribution in [0, 0.1) is 0 Å². The second-order valence-electron chi connectivity index (χ2n) is 4.24.